The maximum absolute atomic E-state index is 13.5. The second-order valence-corrected chi connectivity index (χ2v) is 4.13. The third-order valence-corrected chi connectivity index (χ3v) is 2.56. The lowest BCUT2D eigenvalue weighted by Gasteiger charge is -2.09. The van der Waals surface area contributed by atoms with Gasteiger partial charge in [0.05, 0.1) is 0 Å². The minimum absolute atomic E-state index is 0.147. The molecule has 0 saturated carbocycles. The monoisotopic (exact) mass is 291 g/mol. The summed E-state index contributed by atoms with van der Waals surface area (Å²) >= 11 is 0. The quantitative estimate of drug-likeness (QED) is 0.862. The lowest BCUT2D eigenvalue weighted by molar-refractivity contribution is -0.118. The van der Waals surface area contributed by atoms with Crippen molar-refractivity contribution in [1.82, 2.24) is 0 Å². The van der Waals surface area contributed by atoms with Crippen LogP contribution in [-0.2, 0) is 4.79 Å². The molecule has 0 bridgehead atoms. The van der Waals surface area contributed by atoms with Gasteiger partial charge in [-0.05, 0) is 24.3 Å². The van der Waals surface area contributed by atoms with Crippen molar-refractivity contribution in [2.24, 2.45) is 0 Å². The molecule has 2 aromatic rings. The fourth-order valence-corrected chi connectivity index (χ4v) is 1.64. The van der Waals surface area contributed by atoms with Crippen molar-refractivity contribution in [2.75, 3.05) is 11.9 Å². The summed E-state index contributed by atoms with van der Waals surface area (Å²) in [6, 6.07) is 10.2. The summed E-state index contributed by atoms with van der Waals surface area (Å²) in [5.41, 5.74) is 0.398. The number of rotatable bonds is 5. The second kappa shape index (κ2) is 6.60. The van der Waals surface area contributed by atoms with E-state index in [-0.39, 0.29) is 5.56 Å². The number of carbonyl (C=O) groups excluding carboxylic acids is 2. The first-order chi connectivity index (χ1) is 10.1. The number of ether oxygens (including phenoxy) is 1. The van der Waals surface area contributed by atoms with Gasteiger partial charge in [0.1, 0.15) is 6.29 Å². The number of halogens is 2. The molecule has 21 heavy (non-hydrogen) atoms. The molecule has 0 atom stereocenters. The number of nitrogens with one attached hydrogen (secondary N) is 1. The van der Waals surface area contributed by atoms with Gasteiger partial charge in [-0.15, -0.1) is 0 Å². The lowest BCUT2D eigenvalue weighted by Crippen LogP contribution is -2.20. The van der Waals surface area contributed by atoms with Crippen LogP contribution in [0.3, 0.4) is 0 Å². The molecule has 0 spiro atoms. The second-order valence-electron chi connectivity index (χ2n) is 4.13. The van der Waals surface area contributed by atoms with Crippen molar-refractivity contribution in [3.05, 3.63) is 59.7 Å². The number of anilines is 1. The van der Waals surface area contributed by atoms with Crippen LogP contribution in [0.4, 0.5) is 14.5 Å². The van der Waals surface area contributed by atoms with E-state index < -0.39 is 29.9 Å². The zero-order chi connectivity index (χ0) is 15.2. The summed E-state index contributed by atoms with van der Waals surface area (Å²) in [6.45, 7) is -0.552. The molecule has 0 saturated heterocycles. The Morgan fingerprint density at radius 3 is 2.33 bits per heavy atom. The molecule has 0 aliphatic rings. The fraction of sp³-hybridized carbons (Fsp3) is 0.0667. The molecular weight excluding hydrogens is 280 g/mol. The van der Waals surface area contributed by atoms with Gasteiger partial charge in [0.25, 0.3) is 5.91 Å². The van der Waals surface area contributed by atoms with E-state index in [4.69, 9.17) is 4.74 Å². The molecule has 108 valence electrons. The highest BCUT2D eigenvalue weighted by Gasteiger charge is 2.14. The van der Waals surface area contributed by atoms with Gasteiger partial charge in [-0.3, -0.25) is 9.59 Å². The van der Waals surface area contributed by atoms with Crippen molar-refractivity contribution >= 4 is 17.9 Å². The van der Waals surface area contributed by atoms with E-state index in [1.807, 2.05) is 0 Å². The molecule has 0 fully saturated rings. The van der Waals surface area contributed by atoms with Crippen LogP contribution in [0.25, 0.3) is 0 Å². The fourth-order valence-electron chi connectivity index (χ4n) is 1.64. The molecule has 0 aromatic heterocycles. The molecule has 6 heteroatoms. The number of benzene rings is 2. The summed E-state index contributed by atoms with van der Waals surface area (Å²) in [4.78, 5) is 22.0. The van der Waals surface area contributed by atoms with E-state index in [0.717, 1.165) is 12.1 Å². The van der Waals surface area contributed by atoms with Crippen LogP contribution >= 0.6 is 0 Å². The molecule has 0 heterocycles. The zero-order valence-electron chi connectivity index (χ0n) is 10.8. The topological polar surface area (TPSA) is 55.4 Å². The van der Waals surface area contributed by atoms with Gasteiger partial charge >= 0.3 is 0 Å². The van der Waals surface area contributed by atoms with E-state index in [2.05, 4.69) is 5.32 Å². The number of hydrogen-bond donors (Lipinski definition) is 1. The Balaban J connectivity index is 2.00. The first-order valence-corrected chi connectivity index (χ1v) is 6.02. The van der Waals surface area contributed by atoms with Crippen LogP contribution in [0.1, 0.15) is 10.4 Å². The van der Waals surface area contributed by atoms with Crippen LogP contribution in [0.2, 0.25) is 0 Å². The molecule has 0 aliphatic heterocycles. The van der Waals surface area contributed by atoms with Crippen LogP contribution in [0, 0.1) is 11.6 Å². The van der Waals surface area contributed by atoms with Crippen LogP contribution in [0.15, 0.2) is 42.5 Å². The maximum atomic E-state index is 13.5. The number of amides is 1. The molecule has 0 unspecified atom stereocenters. The molecule has 0 aliphatic carbocycles. The molecule has 2 aromatic carbocycles. The number of hydrogen-bond acceptors (Lipinski definition) is 3. The average Bonchev–Trinajstić information content (AvgIpc) is 2.47. The lowest BCUT2D eigenvalue weighted by atomic mass is 10.2. The molecule has 0 radical (unpaired) electrons. The summed E-state index contributed by atoms with van der Waals surface area (Å²) in [7, 11) is 0. The van der Waals surface area contributed by atoms with E-state index >= 15 is 0 Å². The van der Waals surface area contributed by atoms with Crippen LogP contribution < -0.4 is 10.1 Å². The molecule has 2 rings (SSSR count). The third-order valence-electron chi connectivity index (χ3n) is 2.56. The Hall–Kier alpha value is -2.76. The Bertz CT molecular complexity index is 636. The first kappa shape index (κ1) is 14.6. The Morgan fingerprint density at radius 2 is 1.76 bits per heavy atom. The Kier molecular flexibility index (Phi) is 4.61. The predicted molar refractivity (Wildman–Crippen MR) is 72.3 cm³/mol. The van der Waals surface area contributed by atoms with Crippen molar-refractivity contribution in [3.63, 3.8) is 0 Å². The van der Waals surface area contributed by atoms with Gasteiger partial charge < -0.3 is 10.1 Å². The SMILES string of the molecule is O=Cc1cc(F)c(OCC(=O)Nc2ccccc2)c(F)c1. The Morgan fingerprint density at radius 1 is 1.14 bits per heavy atom. The van der Waals surface area contributed by atoms with Crippen LogP contribution in [0.5, 0.6) is 5.75 Å². The molecule has 1 amide bonds. The largest absolute Gasteiger partial charge is 0.478 e. The molecular formula is C15H11F2NO3. The smallest absolute Gasteiger partial charge is 0.262 e. The Labute approximate surface area is 119 Å². The van der Waals surface area contributed by atoms with Gasteiger partial charge in [-0.2, -0.15) is 0 Å². The summed E-state index contributed by atoms with van der Waals surface area (Å²) in [5.74, 6) is -3.32. The summed E-state index contributed by atoms with van der Waals surface area (Å²) < 4.78 is 31.9. The first-order valence-electron chi connectivity index (χ1n) is 6.02. The van der Waals surface area contributed by atoms with E-state index in [1.54, 1.807) is 30.3 Å². The minimum Gasteiger partial charge on any atom is -0.478 e. The molecule has 4 nitrogen and oxygen atoms in total. The van der Waals surface area contributed by atoms with Crippen molar-refractivity contribution < 1.29 is 23.1 Å². The average molecular weight is 291 g/mol. The maximum Gasteiger partial charge on any atom is 0.262 e. The highest BCUT2D eigenvalue weighted by molar-refractivity contribution is 5.91. The zero-order valence-corrected chi connectivity index (χ0v) is 10.8. The van der Waals surface area contributed by atoms with Gasteiger partial charge in [0.15, 0.2) is 24.0 Å². The molecule has 1 N–H and O–H groups in total. The third kappa shape index (κ3) is 3.85. The van der Waals surface area contributed by atoms with Gasteiger partial charge in [-0.1, -0.05) is 18.2 Å². The normalized spacial score (nSPS) is 10.0. The summed E-state index contributed by atoms with van der Waals surface area (Å²) in [6.07, 6.45) is 0.318. The van der Waals surface area contributed by atoms with Crippen molar-refractivity contribution in [1.29, 1.82) is 0 Å². The minimum atomic E-state index is -1.04. The van der Waals surface area contributed by atoms with Gasteiger partial charge in [-0.25, -0.2) is 8.78 Å². The highest BCUT2D eigenvalue weighted by atomic mass is 19.1. The van der Waals surface area contributed by atoms with E-state index in [1.165, 1.54) is 0 Å². The van der Waals surface area contributed by atoms with E-state index in [0.29, 0.717) is 12.0 Å². The van der Waals surface area contributed by atoms with Gasteiger partial charge in [0.2, 0.25) is 0 Å². The van der Waals surface area contributed by atoms with E-state index in [9.17, 15) is 18.4 Å². The van der Waals surface area contributed by atoms with Crippen molar-refractivity contribution in [3.8, 4) is 5.75 Å². The standard InChI is InChI=1S/C15H11F2NO3/c16-12-6-10(8-19)7-13(17)15(12)21-9-14(20)18-11-4-2-1-3-5-11/h1-8H,9H2,(H,18,20). The van der Waals surface area contributed by atoms with Crippen molar-refractivity contribution in [2.45, 2.75) is 0 Å². The number of aldehydes is 1. The van der Waals surface area contributed by atoms with Gasteiger partial charge in [0, 0.05) is 11.3 Å². The number of para-hydroxylation sites is 1. The predicted octanol–water partition coefficient (Wildman–Crippen LogP) is 2.79. The highest BCUT2D eigenvalue weighted by Crippen LogP contribution is 2.22. The number of carbonyl (C=O) groups is 2. The summed E-state index contributed by atoms with van der Waals surface area (Å²) in [5, 5.41) is 2.51. The van der Waals surface area contributed by atoms with Crippen LogP contribution in [-0.4, -0.2) is 18.8 Å².